The largest absolute Gasteiger partial charge is 0.325 e. The Morgan fingerprint density at radius 3 is 2.53 bits per heavy atom. The zero-order chi connectivity index (χ0) is 13.1. The van der Waals surface area contributed by atoms with Crippen molar-refractivity contribution in [1.82, 2.24) is 0 Å². The molecule has 0 heterocycles. The standard InChI is InChI=1S/C15H30BN/c1-4-6-10-14(11-7-5-2)15(3,17)12-8-9-13-16/h4,14H,1,5-13,17H2,2-3H3. The highest BCUT2D eigenvalue weighted by atomic mass is 14.7. The Labute approximate surface area is 110 Å². The first-order valence-electron chi connectivity index (χ1n) is 7.18. The maximum Gasteiger partial charge on any atom is 0.0653 e. The van der Waals surface area contributed by atoms with E-state index in [1.54, 1.807) is 0 Å². The van der Waals surface area contributed by atoms with E-state index in [1.807, 2.05) is 6.08 Å². The average molecular weight is 235 g/mol. The van der Waals surface area contributed by atoms with Crippen LogP contribution in [0.1, 0.15) is 65.2 Å². The Kier molecular flexibility index (Phi) is 9.63. The molecule has 0 aromatic rings. The summed E-state index contributed by atoms with van der Waals surface area (Å²) in [5, 5.41) is 0. The summed E-state index contributed by atoms with van der Waals surface area (Å²) in [6.45, 7) is 8.27. The lowest BCUT2D eigenvalue weighted by Crippen LogP contribution is -2.44. The lowest BCUT2D eigenvalue weighted by Gasteiger charge is -2.34. The van der Waals surface area contributed by atoms with Crippen molar-refractivity contribution in [3.05, 3.63) is 12.7 Å². The molecule has 2 N–H and O–H groups in total. The van der Waals surface area contributed by atoms with Crippen molar-refractivity contribution in [2.45, 2.75) is 77.1 Å². The molecule has 0 fully saturated rings. The van der Waals surface area contributed by atoms with Gasteiger partial charge in [0.05, 0.1) is 7.85 Å². The molecule has 17 heavy (non-hydrogen) atoms. The van der Waals surface area contributed by atoms with Gasteiger partial charge in [-0.25, -0.2) is 0 Å². The summed E-state index contributed by atoms with van der Waals surface area (Å²) in [6, 6.07) is 0. The summed E-state index contributed by atoms with van der Waals surface area (Å²) < 4.78 is 0. The molecule has 2 atom stereocenters. The van der Waals surface area contributed by atoms with E-state index in [0.29, 0.717) is 5.92 Å². The molecule has 1 nitrogen and oxygen atoms in total. The number of rotatable bonds is 11. The highest BCUT2D eigenvalue weighted by molar-refractivity contribution is 6.08. The molecule has 0 bridgehead atoms. The number of hydrogen-bond acceptors (Lipinski definition) is 1. The Morgan fingerprint density at radius 1 is 1.29 bits per heavy atom. The van der Waals surface area contributed by atoms with Crippen molar-refractivity contribution in [2.24, 2.45) is 11.7 Å². The zero-order valence-electron chi connectivity index (χ0n) is 11.9. The topological polar surface area (TPSA) is 26.0 Å². The van der Waals surface area contributed by atoms with E-state index in [1.165, 1.54) is 25.7 Å². The Hall–Kier alpha value is -0.235. The van der Waals surface area contributed by atoms with Gasteiger partial charge in [-0.3, -0.25) is 0 Å². The highest BCUT2D eigenvalue weighted by Gasteiger charge is 2.28. The van der Waals surface area contributed by atoms with Gasteiger partial charge in [-0.15, -0.1) is 6.58 Å². The van der Waals surface area contributed by atoms with Crippen molar-refractivity contribution in [2.75, 3.05) is 0 Å². The van der Waals surface area contributed by atoms with Gasteiger partial charge in [-0.1, -0.05) is 45.0 Å². The summed E-state index contributed by atoms with van der Waals surface area (Å²) in [7, 11) is 5.54. The molecule has 2 radical (unpaired) electrons. The molecular formula is C15H30BN. The van der Waals surface area contributed by atoms with Crippen molar-refractivity contribution >= 4 is 7.85 Å². The predicted molar refractivity (Wildman–Crippen MR) is 79.5 cm³/mol. The maximum atomic E-state index is 6.51. The molecule has 0 aromatic carbocycles. The van der Waals surface area contributed by atoms with Gasteiger partial charge in [0, 0.05) is 5.54 Å². The zero-order valence-corrected chi connectivity index (χ0v) is 11.9. The summed E-state index contributed by atoms with van der Waals surface area (Å²) in [5.74, 6) is 0.623. The Bertz CT molecular complexity index is 189. The van der Waals surface area contributed by atoms with Gasteiger partial charge in [0.2, 0.25) is 0 Å². The summed E-state index contributed by atoms with van der Waals surface area (Å²) >= 11 is 0. The molecule has 0 aliphatic rings. The summed E-state index contributed by atoms with van der Waals surface area (Å²) in [5.41, 5.74) is 6.47. The molecule has 0 aromatic heterocycles. The first kappa shape index (κ1) is 16.8. The SMILES string of the molecule is [B]CCCCC(C)(N)C(CCC=C)CCCC. The second kappa shape index (κ2) is 9.76. The average Bonchev–Trinajstić information content (AvgIpc) is 2.29. The number of allylic oxidation sites excluding steroid dienone is 1. The van der Waals surface area contributed by atoms with Crippen LogP contribution in [-0.4, -0.2) is 13.4 Å². The summed E-state index contributed by atoms with van der Waals surface area (Å²) in [4.78, 5) is 0. The molecule has 0 spiro atoms. The van der Waals surface area contributed by atoms with Crippen LogP contribution in [0.5, 0.6) is 0 Å². The first-order valence-corrected chi connectivity index (χ1v) is 7.18. The maximum absolute atomic E-state index is 6.51. The lowest BCUT2D eigenvalue weighted by molar-refractivity contribution is 0.237. The monoisotopic (exact) mass is 235 g/mol. The van der Waals surface area contributed by atoms with Gasteiger partial charge in [-0.2, -0.15) is 0 Å². The van der Waals surface area contributed by atoms with E-state index in [0.717, 1.165) is 32.0 Å². The molecule has 2 unspecified atom stereocenters. The highest BCUT2D eigenvalue weighted by Crippen LogP contribution is 2.29. The fraction of sp³-hybridized carbons (Fsp3) is 0.867. The van der Waals surface area contributed by atoms with E-state index in [2.05, 4.69) is 20.4 Å². The van der Waals surface area contributed by atoms with Gasteiger partial charge in [0.1, 0.15) is 0 Å². The van der Waals surface area contributed by atoms with E-state index in [4.69, 9.17) is 13.6 Å². The minimum Gasteiger partial charge on any atom is -0.325 e. The van der Waals surface area contributed by atoms with Crippen molar-refractivity contribution < 1.29 is 0 Å². The predicted octanol–water partition coefficient (Wildman–Crippen LogP) is 4.23. The van der Waals surface area contributed by atoms with Crippen molar-refractivity contribution in [3.8, 4) is 0 Å². The molecule has 0 aliphatic carbocycles. The van der Waals surface area contributed by atoms with Gasteiger partial charge >= 0.3 is 0 Å². The van der Waals surface area contributed by atoms with Crippen LogP contribution in [-0.2, 0) is 0 Å². The second-order valence-electron chi connectivity index (χ2n) is 5.46. The van der Waals surface area contributed by atoms with Crippen LogP contribution in [0.2, 0.25) is 6.32 Å². The van der Waals surface area contributed by atoms with Crippen LogP contribution >= 0.6 is 0 Å². The molecule has 2 heteroatoms. The number of unbranched alkanes of at least 4 members (excludes halogenated alkanes) is 2. The molecule has 0 amide bonds. The Morgan fingerprint density at radius 2 is 2.00 bits per heavy atom. The van der Waals surface area contributed by atoms with E-state index in [9.17, 15) is 0 Å². The van der Waals surface area contributed by atoms with Crippen LogP contribution in [0.3, 0.4) is 0 Å². The third kappa shape index (κ3) is 7.65. The van der Waals surface area contributed by atoms with Crippen LogP contribution in [0.15, 0.2) is 12.7 Å². The fourth-order valence-corrected chi connectivity index (χ4v) is 2.43. The molecular weight excluding hydrogens is 205 g/mol. The number of hydrogen-bond donors (Lipinski definition) is 1. The molecule has 98 valence electrons. The molecule has 0 saturated carbocycles. The van der Waals surface area contributed by atoms with Crippen LogP contribution < -0.4 is 5.73 Å². The Balaban J connectivity index is 4.23. The fourth-order valence-electron chi connectivity index (χ4n) is 2.43. The van der Waals surface area contributed by atoms with Gasteiger partial charge in [0.15, 0.2) is 0 Å². The van der Waals surface area contributed by atoms with Crippen molar-refractivity contribution in [1.29, 1.82) is 0 Å². The van der Waals surface area contributed by atoms with Gasteiger partial charge in [0.25, 0.3) is 0 Å². The number of nitrogens with two attached hydrogens (primary N) is 1. The van der Waals surface area contributed by atoms with Crippen LogP contribution in [0.4, 0.5) is 0 Å². The summed E-state index contributed by atoms with van der Waals surface area (Å²) in [6.07, 6.45) is 12.2. The smallest absolute Gasteiger partial charge is 0.0653 e. The molecule has 0 aliphatic heterocycles. The quantitative estimate of drug-likeness (QED) is 0.323. The van der Waals surface area contributed by atoms with E-state index >= 15 is 0 Å². The van der Waals surface area contributed by atoms with Crippen LogP contribution in [0.25, 0.3) is 0 Å². The molecule has 0 rings (SSSR count). The van der Waals surface area contributed by atoms with Crippen molar-refractivity contribution in [3.63, 3.8) is 0 Å². The third-order valence-corrected chi connectivity index (χ3v) is 3.73. The normalized spacial score (nSPS) is 16.4. The third-order valence-electron chi connectivity index (χ3n) is 3.73. The minimum absolute atomic E-state index is 0.0344. The van der Waals surface area contributed by atoms with E-state index in [-0.39, 0.29) is 5.54 Å². The first-order chi connectivity index (χ1) is 8.08. The van der Waals surface area contributed by atoms with E-state index < -0.39 is 0 Å². The molecule has 0 saturated heterocycles. The van der Waals surface area contributed by atoms with Crippen LogP contribution in [0, 0.1) is 5.92 Å². The van der Waals surface area contributed by atoms with Gasteiger partial charge in [-0.05, 0) is 38.5 Å². The van der Waals surface area contributed by atoms with Gasteiger partial charge < -0.3 is 5.73 Å². The second-order valence-corrected chi connectivity index (χ2v) is 5.46. The lowest BCUT2D eigenvalue weighted by atomic mass is 9.76. The minimum atomic E-state index is -0.0344.